The second kappa shape index (κ2) is 8.67. The van der Waals surface area contributed by atoms with E-state index in [1.54, 1.807) is 19.5 Å². The number of amides is 1. The van der Waals surface area contributed by atoms with Gasteiger partial charge in [0, 0.05) is 70.3 Å². The summed E-state index contributed by atoms with van der Waals surface area (Å²) in [5.41, 5.74) is 0.945. The SMILES string of the molecule is COCCCN1C(=O)CC[C@H]2CN(Cc3c(Cl)cncc3Cl)CC[C@H]21. The molecule has 138 valence electrons. The number of nitrogens with zero attached hydrogens (tertiary/aromatic N) is 3. The zero-order valence-corrected chi connectivity index (χ0v) is 16.1. The fraction of sp³-hybridized carbons (Fsp3) is 0.667. The molecule has 2 aliphatic rings. The van der Waals surface area contributed by atoms with Crippen molar-refractivity contribution < 1.29 is 9.53 Å². The Balaban J connectivity index is 1.62. The number of hydrogen-bond donors (Lipinski definition) is 0. The van der Waals surface area contributed by atoms with E-state index in [2.05, 4.69) is 14.8 Å². The van der Waals surface area contributed by atoms with Crippen LogP contribution in [0.5, 0.6) is 0 Å². The molecule has 1 aromatic heterocycles. The zero-order valence-electron chi connectivity index (χ0n) is 14.6. The van der Waals surface area contributed by atoms with Crippen molar-refractivity contribution in [3.05, 3.63) is 28.0 Å². The second-order valence-electron chi connectivity index (χ2n) is 6.91. The van der Waals surface area contributed by atoms with E-state index in [1.165, 1.54) is 0 Å². The van der Waals surface area contributed by atoms with Gasteiger partial charge in [0.1, 0.15) is 0 Å². The third-order valence-electron chi connectivity index (χ3n) is 5.31. The predicted molar refractivity (Wildman–Crippen MR) is 98.9 cm³/mol. The van der Waals surface area contributed by atoms with Gasteiger partial charge in [-0.15, -0.1) is 0 Å². The van der Waals surface area contributed by atoms with Crippen LogP contribution in [0.4, 0.5) is 0 Å². The molecule has 7 heteroatoms. The standard InChI is InChI=1S/C18H25Cl2N3O2/c1-25-8-2-6-23-17-5-7-22(11-13(17)3-4-18(23)24)12-14-15(19)9-21-10-16(14)20/h9-10,13,17H,2-8,11-12H2,1H3/t13-,17+/m0/s1. The quantitative estimate of drug-likeness (QED) is 0.705. The summed E-state index contributed by atoms with van der Waals surface area (Å²) in [7, 11) is 1.70. The number of methoxy groups -OCH3 is 1. The second-order valence-corrected chi connectivity index (χ2v) is 7.72. The highest BCUT2D eigenvalue weighted by molar-refractivity contribution is 6.35. The normalized spacial score (nSPS) is 24.4. The number of halogens is 2. The van der Waals surface area contributed by atoms with Gasteiger partial charge in [0.25, 0.3) is 0 Å². The van der Waals surface area contributed by atoms with Gasteiger partial charge in [0.15, 0.2) is 0 Å². The zero-order chi connectivity index (χ0) is 17.8. The average molecular weight is 386 g/mol. The molecule has 25 heavy (non-hydrogen) atoms. The minimum atomic E-state index is 0.297. The van der Waals surface area contributed by atoms with Crippen LogP contribution in [0.2, 0.25) is 10.0 Å². The number of piperidine rings is 2. The molecule has 0 radical (unpaired) electrons. The molecule has 0 spiro atoms. The first kappa shape index (κ1) is 18.9. The summed E-state index contributed by atoms with van der Waals surface area (Å²) < 4.78 is 5.13. The lowest BCUT2D eigenvalue weighted by atomic mass is 9.83. The van der Waals surface area contributed by atoms with E-state index in [-0.39, 0.29) is 0 Å². The number of pyridine rings is 1. The van der Waals surface area contributed by atoms with E-state index in [4.69, 9.17) is 27.9 Å². The summed E-state index contributed by atoms with van der Waals surface area (Å²) in [5, 5.41) is 1.24. The van der Waals surface area contributed by atoms with Crippen molar-refractivity contribution in [3.8, 4) is 0 Å². The lowest BCUT2D eigenvalue weighted by Crippen LogP contribution is -2.56. The number of likely N-dealkylation sites (tertiary alicyclic amines) is 2. The van der Waals surface area contributed by atoms with Gasteiger partial charge in [0.2, 0.25) is 5.91 Å². The molecular weight excluding hydrogens is 361 g/mol. The Kier molecular flexibility index (Phi) is 6.55. The largest absolute Gasteiger partial charge is 0.385 e. The van der Waals surface area contributed by atoms with Crippen molar-refractivity contribution >= 4 is 29.1 Å². The smallest absolute Gasteiger partial charge is 0.222 e. The molecule has 2 saturated heterocycles. The Hall–Kier alpha value is -0.880. The Morgan fingerprint density at radius 1 is 1.28 bits per heavy atom. The first-order chi connectivity index (χ1) is 12.1. The summed E-state index contributed by atoms with van der Waals surface area (Å²) >= 11 is 12.5. The number of aromatic nitrogens is 1. The van der Waals surface area contributed by atoms with Crippen LogP contribution in [0, 0.1) is 5.92 Å². The highest BCUT2D eigenvalue weighted by atomic mass is 35.5. The summed E-state index contributed by atoms with van der Waals surface area (Å²) in [4.78, 5) is 20.8. The molecule has 1 aromatic rings. The van der Waals surface area contributed by atoms with Crippen LogP contribution in [-0.2, 0) is 16.1 Å². The molecule has 5 nitrogen and oxygen atoms in total. The molecule has 0 N–H and O–H groups in total. The number of carbonyl (C=O) groups excluding carboxylic acids is 1. The summed E-state index contributed by atoms with van der Waals surface area (Å²) in [6.07, 6.45) is 6.82. The number of hydrogen-bond acceptors (Lipinski definition) is 4. The minimum absolute atomic E-state index is 0.297. The van der Waals surface area contributed by atoms with Gasteiger partial charge in [0.05, 0.1) is 10.0 Å². The van der Waals surface area contributed by atoms with Gasteiger partial charge in [-0.25, -0.2) is 0 Å². The Morgan fingerprint density at radius 3 is 2.76 bits per heavy atom. The highest BCUT2D eigenvalue weighted by Gasteiger charge is 2.39. The summed E-state index contributed by atoms with van der Waals surface area (Å²) in [6, 6.07) is 0.359. The fourth-order valence-electron chi connectivity index (χ4n) is 4.05. The molecule has 3 rings (SSSR count). The molecule has 0 bridgehead atoms. The summed E-state index contributed by atoms with van der Waals surface area (Å²) in [6.45, 7) is 4.17. The number of fused-ring (bicyclic) bond motifs is 1. The van der Waals surface area contributed by atoms with Crippen molar-refractivity contribution in [2.24, 2.45) is 5.92 Å². The third kappa shape index (κ3) is 4.45. The van der Waals surface area contributed by atoms with Gasteiger partial charge in [-0.1, -0.05) is 23.2 Å². The lowest BCUT2D eigenvalue weighted by Gasteiger charge is -2.47. The molecule has 0 aromatic carbocycles. The van der Waals surface area contributed by atoms with E-state index < -0.39 is 0 Å². The molecule has 0 aliphatic carbocycles. The van der Waals surface area contributed by atoms with E-state index in [9.17, 15) is 4.79 Å². The number of rotatable bonds is 6. The van der Waals surface area contributed by atoms with Crippen molar-refractivity contribution in [3.63, 3.8) is 0 Å². The maximum absolute atomic E-state index is 12.3. The van der Waals surface area contributed by atoms with Crippen LogP contribution < -0.4 is 0 Å². The molecule has 0 unspecified atom stereocenters. The highest BCUT2D eigenvalue weighted by Crippen LogP contribution is 2.33. The first-order valence-electron chi connectivity index (χ1n) is 8.88. The number of carbonyl (C=O) groups is 1. The molecule has 2 atom stereocenters. The minimum Gasteiger partial charge on any atom is -0.385 e. The van der Waals surface area contributed by atoms with Gasteiger partial charge >= 0.3 is 0 Å². The van der Waals surface area contributed by atoms with Crippen LogP contribution in [0.25, 0.3) is 0 Å². The Bertz CT molecular complexity index is 594. The molecule has 0 saturated carbocycles. The predicted octanol–water partition coefficient (Wildman–Crippen LogP) is 3.24. The average Bonchev–Trinajstić information content (AvgIpc) is 2.60. The molecule has 2 fully saturated rings. The maximum Gasteiger partial charge on any atom is 0.222 e. The lowest BCUT2D eigenvalue weighted by molar-refractivity contribution is -0.141. The molecule has 3 heterocycles. The van der Waals surface area contributed by atoms with E-state index in [0.717, 1.165) is 51.0 Å². The molecular formula is C18H25Cl2N3O2. The number of ether oxygens (including phenoxy) is 1. The van der Waals surface area contributed by atoms with Crippen LogP contribution in [0.3, 0.4) is 0 Å². The van der Waals surface area contributed by atoms with E-state index >= 15 is 0 Å². The molecule has 1 amide bonds. The monoisotopic (exact) mass is 385 g/mol. The van der Waals surface area contributed by atoms with Crippen molar-refractivity contribution in [1.29, 1.82) is 0 Å². The van der Waals surface area contributed by atoms with Crippen LogP contribution in [0.1, 0.15) is 31.2 Å². The Labute approximate surface area is 159 Å². The van der Waals surface area contributed by atoms with Gasteiger partial charge in [-0.2, -0.15) is 0 Å². The molecule has 2 aliphatic heterocycles. The van der Waals surface area contributed by atoms with Gasteiger partial charge in [-0.3, -0.25) is 14.7 Å². The van der Waals surface area contributed by atoms with E-state index in [0.29, 0.717) is 40.9 Å². The van der Waals surface area contributed by atoms with Crippen LogP contribution in [0.15, 0.2) is 12.4 Å². The van der Waals surface area contributed by atoms with Crippen LogP contribution in [-0.4, -0.2) is 60.1 Å². The topological polar surface area (TPSA) is 45.7 Å². The van der Waals surface area contributed by atoms with E-state index in [1.807, 2.05) is 0 Å². The summed E-state index contributed by atoms with van der Waals surface area (Å²) in [5.74, 6) is 0.819. The third-order valence-corrected chi connectivity index (χ3v) is 5.96. The fourth-order valence-corrected chi connectivity index (χ4v) is 4.54. The first-order valence-corrected chi connectivity index (χ1v) is 9.64. The van der Waals surface area contributed by atoms with Crippen molar-refractivity contribution in [2.45, 2.75) is 38.3 Å². The van der Waals surface area contributed by atoms with Crippen molar-refractivity contribution in [2.75, 3.05) is 33.4 Å². The maximum atomic E-state index is 12.3. The Morgan fingerprint density at radius 2 is 2.04 bits per heavy atom. The van der Waals surface area contributed by atoms with Crippen molar-refractivity contribution in [1.82, 2.24) is 14.8 Å². The van der Waals surface area contributed by atoms with Gasteiger partial charge in [-0.05, 0) is 25.2 Å². The van der Waals surface area contributed by atoms with Gasteiger partial charge < -0.3 is 9.64 Å². The van der Waals surface area contributed by atoms with Crippen LogP contribution >= 0.6 is 23.2 Å².